The number of aliphatic carboxylic acids is 1. The first kappa shape index (κ1) is 15.4. The lowest BCUT2D eigenvalue weighted by Crippen LogP contribution is -2.13. The predicted molar refractivity (Wildman–Crippen MR) is 63.7 cm³/mol. The number of carboxylic acid groups (broad SMARTS) is 1. The van der Waals surface area contributed by atoms with E-state index in [1.807, 2.05) is 0 Å². The summed E-state index contributed by atoms with van der Waals surface area (Å²) in [5, 5.41) is 7.54. The van der Waals surface area contributed by atoms with E-state index >= 15 is 0 Å². The lowest BCUT2D eigenvalue weighted by molar-refractivity contribution is -0.136. The van der Waals surface area contributed by atoms with Gasteiger partial charge in [0.2, 0.25) is 0 Å². The summed E-state index contributed by atoms with van der Waals surface area (Å²) >= 11 is 5.85. The zero-order valence-corrected chi connectivity index (χ0v) is 10.7. The fourth-order valence-electron chi connectivity index (χ4n) is 1.60. The third kappa shape index (κ3) is 4.17. The fourth-order valence-corrected chi connectivity index (χ4v) is 1.84. The van der Waals surface area contributed by atoms with Gasteiger partial charge in [-0.1, -0.05) is 12.1 Å². The van der Waals surface area contributed by atoms with Gasteiger partial charge >= 0.3 is 12.6 Å². The molecule has 4 nitrogen and oxygen atoms in total. The SMILES string of the molecule is CC(=O)C(Cl)c1c(CC(=O)O)cccc1OC(F)F. The van der Waals surface area contributed by atoms with E-state index in [0.717, 1.165) is 0 Å². The molecular formula is C12H11ClF2O4. The minimum atomic E-state index is -3.09. The molecule has 0 radical (unpaired) electrons. The van der Waals surface area contributed by atoms with Crippen LogP contribution in [0.4, 0.5) is 8.78 Å². The van der Waals surface area contributed by atoms with Gasteiger partial charge in [0.05, 0.1) is 6.42 Å². The lowest BCUT2D eigenvalue weighted by Gasteiger charge is -2.16. The molecule has 0 aliphatic heterocycles. The van der Waals surface area contributed by atoms with Crippen molar-refractivity contribution >= 4 is 23.4 Å². The maximum Gasteiger partial charge on any atom is 0.387 e. The first-order valence-electron chi connectivity index (χ1n) is 5.25. The van der Waals surface area contributed by atoms with Crippen LogP contribution in [0.2, 0.25) is 0 Å². The van der Waals surface area contributed by atoms with Crippen LogP contribution in [0.25, 0.3) is 0 Å². The number of Topliss-reactive ketones (excluding diaryl/α,β-unsaturated/α-hetero) is 1. The van der Waals surface area contributed by atoms with E-state index in [1.54, 1.807) is 0 Å². The second-order valence-corrected chi connectivity index (χ2v) is 4.19. The van der Waals surface area contributed by atoms with Gasteiger partial charge in [0.25, 0.3) is 0 Å². The van der Waals surface area contributed by atoms with Crippen molar-refractivity contribution in [3.05, 3.63) is 29.3 Å². The summed E-state index contributed by atoms with van der Waals surface area (Å²) in [5.41, 5.74) is 0.139. The van der Waals surface area contributed by atoms with Crippen molar-refractivity contribution in [1.29, 1.82) is 0 Å². The quantitative estimate of drug-likeness (QED) is 0.819. The summed E-state index contributed by atoms with van der Waals surface area (Å²) in [5.74, 6) is -1.94. The molecule has 1 aromatic carbocycles. The molecule has 0 aliphatic rings. The van der Waals surface area contributed by atoms with Crippen molar-refractivity contribution in [2.75, 3.05) is 0 Å². The molecule has 0 fully saturated rings. The molecule has 104 valence electrons. The summed E-state index contributed by atoms with van der Waals surface area (Å²) in [4.78, 5) is 22.0. The summed E-state index contributed by atoms with van der Waals surface area (Å²) in [6, 6.07) is 3.98. The van der Waals surface area contributed by atoms with E-state index in [9.17, 15) is 18.4 Å². The second-order valence-electron chi connectivity index (χ2n) is 3.75. The van der Waals surface area contributed by atoms with Crippen molar-refractivity contribution in [2.45, 2.75) is 25.3 Å². The number of benzene rings is 1. The van der Waals surface area contributed by atoms with Crippen LogP contribution in [-0.4, -0.2) is 23.5 Å². The van der Waals surface area contributed by atoms with Gasteiger partial charge < -0.3 is 9.84 Å². The number of halogens is 3. The second kappa shape index (κ2) is 6.47. The van der Waals surface area contributed by atoms with Gasteiger partial charge in [-0.05, 0) is 18.6 Å². The molecule has 1 N–H and O–H groups in total. The van der Waals surface area contributed by atoms with Crippen molar-refractivity contribution < 1.29 is 28.2 Å². The highest BCUT2D eigenvalue weighted by molar-refractivity contribution is 6.31. The maximum absolute atomic E-state index is 12.3. The minimum absolute atomic E-state index is 0.0284. The first-order chi connectivity index (χ1) is 8.82. The molecule has 7 heteroatoms. The molecule has 1 aromatic rings. The minimum Gasteiger partial charge on any atom is -0.481 e. The molecule has 0 saturated heterocycles. The Kier molecular flexibility index (Phi) is 5.23. The highest BCUT2D eigenvalue weighted by Crippen LogP contribution is 2.34. The van der Waals surface area contributed by atoms with Crippen LogP contribution < -0.4 is 4.74 Å². The number of alkyl halides is 3. The summed E-state index contributed by atoms with van der Waals surface area (Å²) in [6.45, 7) is -1.91. The Balaban J connectivity index is 3.30. The average molecular weight is 293 g/mol. The number of carbonyl (C=O) groups is 2. The Morgan fingerprint density at radius 1 is 1.42 bits per heavy atom. The molecular weight excluding hydrogens is 282 g/mol. The number of hydrogen-bond acceptors (Lipinski definition) is 3. The van der Waals surface area contributed by atoms with E-state index in [2.05, 4.69) is 4.74 Å². The number of ether oxygens (including phenoxy) is 1. The van der Waals surface area contributed by atoms with Crippen molar-refractivity contribution in [1.82, 2.24) is 0 Å². The molecule has 1 unspecified atom stereocenters. The third-order valence-corrected chi connectivity index (χ3v) is 2.85. The Bertz CT molecular complexity index is 491. The number of hydrogen-bond donors (Lipinski definition) is 1. The zero-order valence-electron chi connectivity index (χ0n) is 9.90. The monoisotopic (exact) mass is 292 g/mol. The van der Waals surface area contributed by atoms with Gasteiger partial charge in [-0.2, -0.15) is 8.78 Å². The van der Waals surface area contributed by atoms with Crippen molar-refractivity contribution in [3.63, 3.8) is 0 Å². The normalized spacial score (nSPS) is 12.3. The van der Waals surface area contributed by atoms with E-state index in [1.165, 1.54) is 25.1 Å². The standard InChI is InChI=1S/C12H11ClF2O4/c1-6(16)11(13)10-7(5-9(17)18)3-2-4-8(10)19-12(14)15/h2-4,11-12H,5H2,1H3,(H,17,18). The van der Waals surface area contributed by atoms with Gasteiger partial charge in [-0.25, -0.2) is 0 Å². The zero-order chi connectivity index (χ0) is 14.6. The Labute approximate surface area is 112 Å². The van der Waals surface area contributed by atoms with E-state index in [-0.39, 0.29) is 16.9 Å². The largest absolute Gasteiger partial charge is 0.481 e. The highest BCUT2D eigenvalue weighted by atomic mass is 35.5. The van der Waals surface area contributed by atoms with Gasteiger partial charge in [0.15, 0.2) is 5.78 Å². The number of carboxylic acids is 1. The van der Waals surface area contributed by atoms with Gasteiger partial charge in [0, 0.05) is 5.56 Å². The molecule has 0 aliphatic carbocycles. The molecule has 19 heavy (non-hydrogen) atoms. The number of ketones is 1. The molecule has 1 rings (SSSR count). The van der Waals surface area contributed by atoms with Crippen molar-refractivity contribution in [2.24, 2.45) is 0 Å². The molecule has 0 amide bonds. The third-order valence-electron chi connectivity index (χ3n) is 2.32. The molecule has 0 spiro atoms. The average Bonchev–Trinajstić information content (AvgIpc) is 2.26. The lowest BCUT2D eigenvalue weighted by atomic mass is 9.98. The van der Waals surface area contributed by atoms with Crippen LogP contribution in [0.15, 0.2) is 18.2 Å². The molecule has 1 atom stereocenters. The summed E-state index contributed by atoms with van der Waals surface area (Å²) in [7, 11) is 0. The van der Waals surface area contributed by atoms with Crippen LogP contribution in [0.5, 0.6) is 5.75 Å². The van der Waals surface area contributed by atoms with Crippen LogP contribution in [0, 0.1) is 0 Å². The Morgan fingerprint density at radius 3 is 2.53 bits per heavy atom. The van der Waals surface area contributed by atoms with Crippen molar-refractivity contribution in [3.8, 4) is 5.75 Å². The molecule has 0 saturated carbocycles. The summed E-state index contributed by atoms with van der Waals surface area (Å²) in [6.07, 6.45) is -0.438. The molecule has 0 bridgehead atoms. The molecule has 0 heterocycles. The smallest absolute Gasteiger partial charge is 0.387 e. The maximum atomic E-state index is 12.3. The highest BCUT2D eigenvalue weighted by Gasteiger charge is 2.24. The Morgan fingerprint density at radius 2 is 2.05 bits per heavy atom. The summed E-state index contributed by atoms with van der Waals surface area (Å²) < 4.78 is 28.9. The molecule has 0 aromatic heterocycles. The van der Waals surface area contributed by atoms with Crippen LogP contribution in [-0.2, 0) is 16.0 Å². The Hall–Kier alpha value is -1.69. The van der Waals surface area contributed by atoms with E-state index in [4.69, 9.17) is 16.7 Å². The van der Waals surface area contributed by atoms with Crippen LogP contribution in [0.3, 0.4) is 0 Å². The first-order valence-corrected chi connectivity index (χ1v) is 5.69. The predicted octanol–water partition coefficient (Wildman–Crippen LogP) is 2.78. The number of rotatable bonds is 6. The van der Waals surface area contributed by atoms with Crippen LogP contribution in [0.1, 0.15) is 23.4 Å². The number of carbonyl (C=O) groups excluding carboxylic acids is 1. The van der Waals surface area contributed by atoms with Gasteiger partial charge in [0.1, 0.15) is 11.1 Å². The van der Waals surface area contributed by atoms with Crippen LogP contribution >= 0.6 is 11.6 Å². The van der Waals surface area contributed by atoms with E-state index in [0.29, 0.717) is 0 Å². The van der Waals surface area contributed by atoms with E-state index < -0.39 is 30.2 Å². The topological polar surface area (TPSA) is 63.6 Å². The fraction of sp³-hybridized carbons (Fsp3) is 0.333. The van der Waals surface area contributed by atoms with Gasteiger partial charge in [-0.3, -0.25) is 9.59 Å². The van der Waals surface area contributed by atoms with Gasteiger partial charge in [-0.15, -0.1) is 11.6 Å².